The lowest BCUT2D eigenvalue weighted by Gasteiger charge is -1.98. The summed E-state index contributed by atoms with van der Waals surface area (Å²) in [5.74, 6) is 0. The van der Waals surface area contributed by atoms with Gasteiger partial charge in [0.15, 0.2) is 0 Å². The average Bonchev–Trinajstić information content (AvgIpc) is 2.47. The summed E-state index contributed by atoms with van der Waals surface area (Å²) in [6.07, 6.45) is 0. The Bertz CT molecular complexity index is 340. The van der Waals surface area contributed by atoms with Crippen LogP contribution in [-0.4, -0.2) is 0 Å². The van der Waals surface area contributed by atoms with Gasteiger partial charge in [-0.3, -0.25) is 0 Å². The zero-order valence-electron chi connectivity index (χ0n) is 7.46. The maximum Gasteiger partial charge on any atom is -0.0152 e. The van der Waals surface area contributed by atoms with Gasteiger partial charge in [0.05, 0.1) is 0 Å². The van der Waals surface area contributed by atoms with E-state index in [9.17, 15) is 0 Å². The Hall–Kier alpha value is -1.30. The minimum Gasteiger partial charge on any atom is -0.0617 e. The Labute approximate surface area is 73.2 Å². The van der Waals surface area contributed by atoms with Gasteiger partial charge in [-0.15, -0.1) is 0 Å². The molecule has 0 unspecified atom stereocenters. The molecular formula is C12H12. The molecule has 60 valence electrons. The highest BCUT2D eigenvalue weighted by Gasteiger charge is 2.04. The van der Waals surface area contributed by atoms with E-state index < -0.39 is 0 Å². The quantitative estimate of drug-likeness (QED) is 0.548. The molecule has 0 amide bonds. The molecule has 0 aromatic heterocycles. The van der Waals surface area contributed by atoms with E-state index >= 15 is 0 Å². The van der Waals surface area contributed by atoms with Crippen LogP contribution in [0.2, 0.25) is 0 Å². The Balaban J connectivity index is 2.82. The predicted octanol–water partition coefficient (Wildman–Crippen LogP) is 3.41. The van der Waals surface area contributed by atoms with E-state index in [0.717, 1.165) is 0 Å². The van der Waals surface area contributed by atoms with Crippen LogP contribution in [0.3, 0.4) is 0 Å². The fourth-order valence-electron chi connectivity index (χ4n) is 1.62. The Morgan fingerprint density at radius 1 is 0.667 bits per heavy atom. The molecule has 0 bridgehead atoms. The van der Waals surface area contributed by atoms with Crippen LogP contribution in [0.5, 0.6) is 0 Å². The van der Waals surface area contributed by atoms with E-state index in [4.69, 9.17) is 0 Å². The largest absolute Gasteiger partial charge is 0.0617 e. The van der Waals surface area contributed by atoms with Gasteiger partial charge in [0.25, 0.3) is 0 Å². The maximum absolute atomic E-state index is 2.18. The molecule has 0 atom stereocenters. The van der Waals surface area contributed by atoms with Crippen molar-refractivity contribution in [2.75, 3.05) is 0 Å². The van der Waals surface area contributed by atoms with Gasteiger partial charge in [0.2, 0.25) is 0 Å². The molecule has 0 aromatic carbocycles. The van der Waals surface area contributed by atoms with Crippen LogP contribution in [-0.2, 0) is 0 Å². The predicted molar refractivity (Wildman–Crippen MR) is 52.5 cm³/mol. The van der Waals surface area contributed by atoms with E-state index in [2.05, 4.69) is 50.2 Å². The summed E-state index contributed by atoms with van der Waals surface area (Å²) >= 11 is 0. The van der Waals surface area contributed by atoms with Crippen molar-refractivity contribution in [3.63, 3.8) is 0 Å². The fraction of sp³-hybridized carbons (Fsp3) is 0.167. The molecule has 0 saturated heterocycles. The minimum atomic E-state index is 1.35. The fourth-order valence-corrected chi connectivity index (χ4v) is 1.62. The summed E-state index contributed by atoms with van der Waals surface area (Å²) in [7, 11) is 0. The van der Waals surface area contributed by atoms with Crippen molar-refractivity contribution in [2.45, 2.75) is 13.8 Å². The van der Waals surface area contributed by atoms with Gasteiger partial charge in [-0.05, 0) is 36.1 Å². The van der Waals surface area contributed by atoms with E-state index in [1.165, 1.54) is 22.3 Å². The van der Waals surface area contributed by atoms with Crippen molar-refractivity contribution in [1.29, 1.82) is 0 Å². The maximum atomic E-state index is 2.18. The first kappa shape index (κ1) is 7.35. The zero-order chi connectivity index (χ0) is 8.55. The van der Waals surface area contributed by atoms with Crippen LogP contribution in [0.4, 0.5) is 0 Å². The summed E-state index contributed by atoms with van der Waals surface area (Å²) in [6, 6.07) is 12.9. The van der Waals surface area contributed by atoms with Crippen molar-refractivity contribution in [3.05, 3.63) is 47.5 Å². The van der Waals surface area contributed by atoms with Gasteiger partial charge in [-0.25, -0.2) is 0 Å². The van der Waals surface area contributed by atoms with Crippen molar-refractivity contribution in [3.8, 4) is 11.1 Å². The second-order valence-corrected chi connectivity index (χ2v) is 3.24. The summed E-state index contributed by atoms with van der Waals surface area (Å²) in [5.41, 5.74) is 5.45. The van der Waals surface area contributed by atoms with Crippen LogP contribution >= 0.6 is 0 Å². The molecule has 2 rings (SSSR count). The molecule has 0 aromatic rings. The molecule has 0 heteroatoms. The van der Waals surface area contributed by atoms with E-state index in [-0.39, 0.29) is 0 Å². The van der Waals surface area contributed by atoms with Crippen LogP contribution in [0.1, 0.15) is 11.1 Å². The van der Waals surface area contributed by atoms with Gasteiger partial charge in [0.1, 0.15) is 0 Å². The minimum absolute atomic E-state index is 1.35. The molecule has 0 fully saturated rings. The Kier molecular flexibility index (Phi) is 1.61. The molecular weight excluding hydrogens is 144 g/mol. The van der Waals surface area contributed by atoms with Crippen molar-refractivity contribution in [2.24, 2.45) is 0 Å². The molecule has 0 spiro atoms. The second kappa shape index (κ2) is 2.63. The number of hydrogen-bond donors (Lipinski definition) is 0. The summed E-state index contributed by atoms with van der Waals surface area (Å²) in [5, 5.41) is 0. The molecule has 0 radical (unpaired) electrons. The standard InChI is InChI=1S/C12H12/c1-9-5-3-6-10(2)12-8-4-7-11(9)12/h3-8H,1-2H3. The molecule has 2 aliphatic carbocycles. The van der Waals surface area contributed by atoms with Gasteiger partial charge < -0.3 is 0 Å². The Morgan fingerprint density at radius 3 is 1.58 bits per heavy atom. The molecule has 0 nitrogen and oxygen atoms in total. The first-order chi connectivity index (χ1) is 5.79. The van der Waals surface area contributed by atoms with Crippen molar-refractivity contribution in [1.82, 2.24) is 0 Å². The van der Waals surface area contributed by atoms with Crippen LogP contribution in [0, 0.1) is 13.8 Å². The highest BCUT2D eigenvalue weighted by Crippen LogP contribution is 2.27. The third kappa shape index (κ3) is 1.00. The monoisotopic (exact) mass is 156 g/mol. The van der Waals surface area contributed by atoms with E-state index in [1.54, 1.807) is 0 Å². The SMILES string of the molecule is Cc1cccc(C)c2cccc1-2. The first-order valence-electron chi connectivity index (χ1n) is 4.24. The third-order valence-corrected chi connectivity index (χ3v) is 2.36. The lowest BCUT2D eigenvalue weighted by atomic mass is 10.1. The zero-order valence-corrected chi connectivity index (χ0v) is 7.46. The number of aryl methyl sites for hydroxylation is 2. The van der Waals surface area contributed by atoms with Gasteiger partial charge in [-0.2, -0.15) is 0 Å². The van der Waals surface area contributed by atoms with Crippen LogP contribution in [0.25, 0.3) is 11.1 Å². The van der Waals surface area contributed by atoms with Crippen molar-refractivity contribution < 1.29 is 0 Å². The highest BCUT2D eigenvalue weighted by molar-refractivity contribution is 5.72. The number of rotatable bonds is 0. The molecule has 12 heavy (non-hydrogen) atoms. The Morgan fingerprint density at radius 2 is 1.08 bits per heavy atom. The number of fused-ring (bicyclic) bond motifs is 1. The first-order valence-corrected chi connectivity index (χ1v) is 4.24. The second-order valence-electron chi connectivity index (χ2n) is 3.24. The van der Waals surface area contributed by atoms with Crippen LogP contribution < -0.4 is 0 Å². The topological polar surface area (TPSA) is 0 Å². The molecule has 0 heterocycles. The van der Waals surface area contributed by atoms with Gasteiger partial charge >= 0.3 is 0 Å². The summed E-state index contributed by atoms with van der Waals surface area (Å²) in [4.78, 5) is 0. The summed E-state index contributed by atoms with van der Waals surface area (Å²) in [6.45, 7) is 4.31. The molecule has 2 aliphatic rings. The lowest BCUT2D eigenvalue weighted by molar-refractivity contribution is 1.49. The van der Waals surface area contributed by atoms with Gasteiger partial charge in [-0.1, -0.05) is 36.4 Å². The third-order valence-electron chi connectivity index (χ3n) is 2.36. The van der Waals surface area contributed by atoms with Crippen molar-refractivity contribution >= 4 is 0 Å². The van der Waals surface area contributed by atoms with E-state index in [1.807, 2.05) is 0 Å². The molecule has 0 saturated carbocycles. The highest BCUT2D eigenvalue weighted by atomic mass is 14.1. The molecule has 0 aliphatic heterocycles. The average molecular weight is 156 g/mol. The lowest BCUT2D eigenvalue weighted by Crippen LogP contribution is -1.75. The smallest absolute Gasteiger partial charge is 0.0152 e. The number of hydrogen-bond acceptors (Lipinski definition) is 0. The normalized spacial score (nSPS) is 10.5. The molecule has 0 N–H and O–H groups in total. The summed E-state index contributed by atoms with van der Waals surface area (Å²) < 4.78 is 0. The van der Waals surface area contributed by atoms with Crippen LogP contribution in [0.15, 0.2) is 36.4 Å². The van der Waals surface area contributed by atoms with Gasteiger partial charge in [0, 0.05) is 0 Å². The van der Waals surface area contributed by atoms with E-state index in [0.29, 0.717) is 0 Å².